The molecule has 0 aliphatic rings. The molecule has 0 aromatic heterocycles. The zero-order chi connectivity index (χ0) is 17.1. The fourth-order valence-corrected chi connectivity index (χ4v) is 9.58. The van der Waals surface area contributed by atoms with Crippen molar-refractivity contribution < 1.29 is 9.22 Å². The molecule has 0 saturated heterocycles. The second kappa shape index (κ2) is 7.96. The van der Waals surface area contributed by atoms with Gasteiger partial charge in [-0.15, -0.1) is 0 Å². The van der Waals surface area contributed by atoms with Gasteiger partial charge in [0, 0.05) is 0 Å². The normalized spacial score (nSPS) is 12.5. The molecule has 0 fully saturated rings. The van der Waals surface area contributed by atoms with E-state index in [9.17, 15) is 4.79 Å². The summed E-state index contributed by atoms with van der Waals surface area (Å²) in [5.41, 5.74) is 2.82. The quantitative estimate of drug-likeness (QED) is 0.409. The molecule has 0 aliphatic carbocycles. The van der Waals surface area contributed by atoms with Gasteiger partial charge in [-0.2, -0.15) is 0 Å². The number of benzene rings is 1. The number of carbonyl (C=O) groups is 1. The van der Waals surface area contributed by atoms with Crippen LogP contribution in [-0.4, -0.2) is 14.6 Å². The van der Waals surface area contributed by atoms with E-state index in [4.69, 9.17) is 27.6 Å². The number of halogens is 2. The van der Waals surface area contributed by atoms with Crippen molar-refractivity contribution in [2.75, 3.05) is 0 Å². The van der Waals surface area contributed by atoms with Gasteiger partial charge in [-0.25, -0.2) is 0 Å². The Morgan fingerprint density at radius 3 is 1.73 bits per heavy atom. The second-order valence-electron chi connectivity index (χ2n) is 6.70. The number of rotatable bonds is 7. The summed E-state index contributed by atoms with van der Waals surface area (Å²) in [4.78, 5) is 11.0. The lowest BCUT2D eigenvalue weighted by atomic mass is 10.1. The molecule has 0 spiro atoms. The van der Waals surface area contributed by atoms with Crippen molar-refractivity contribution in [1.29, 1.82) is 0 Å². The Kier molecular flexibility index (Phi) is 7.12. The third-order valence-electron chi connectivity index (χ3n) is 4.45. The summed E-state index contributed by atoms with van der Waals surface area (Å²) in [5.74, 6) is 0. The lowest BCUT2D eigenvalue weighted by Crippen LogP contribution is -2.47. The molecule has 0 heterocycles. The lowest BCUT2D eigenvalue weighted by molar-refractivity contribution is 0.112. The number of hydrogen-bond acceptors (Lipinski definition) is 2. The van der Waals surface area contributed by atoms with Crippen molar-refractivity contribution in [2.24, 2.45) is 0 Å². The van der Waals surface area contributed by atoms with E-state index in [1.165, 1.54) is 0 Å². The molecule has 1 aromatic carbocycles. The summed E-state index contributed by atoms with van der Waals surface area (Å²) in [7, 11) is -1.92. The SMILES string of the molecule is CC(C)[Si](OCc1cc(Cl)c(C=O)c(Cl)c1)(C(C)C)C(C)C. The van der Waals surface area contributed by atoms with Gasteiger partial charge in [0.15, 0.2) is 6.29 Å². The van der Waals surface area contributed by atoms with Crippen LogP contribution in [0.25, 0.3) is 0 Å². The van der Waals surface area contributed by atoms with Crippen LogP contribution in [0.15, 0.2) is 12.1 Å². The Bertz CT molecular complexity index is 483. The van der Waals surface area contributed by atoms with E-state index in [0.29, 0.717) is 45.1 Å². The van der Waals surface area contributed by atoms with Gasteiger partial charge in [0.05, 0.1) is 22.2 Å². The predicted molar refractivity (Wildman–Crippen MR) is 97.7 cm³/mol. The highest BCUT2D eigenvalue weighted by Crippen LogP contribution is 2.43. The van der Waals surface area contributed by atoms with Gasteiger partial charge in [0.25, 0.3) is 0 Å². The van der Waals surface area contributed by atoms with Crippen molar-refractivity contribution in [2.45, 2.75) is 64.8 Å². The molecule has 0 radical (unpaired) electrons. The largest absolute Gasteiger partial charge is 0.412 e. The van der Waals surface area contributed by atoms with Crippen LogP contribution in [0.3, 0.4) is 0 Å². The zero-order valence-electron chi connectivity index (χ0n) is 14.2. The van der Waals surface area contributed by atoms with Crippen LogP contribution >= 0.6 is 23.2 Å². The summed E-state index contributed by atoms with van der Waals surface area (Å²) in [6, 6.07) is 3.55. The Labute approximate surface area is 145 Å². The first-order valence-electron chi connectivity index (χ1n) is 7.73. The Morgan fingerprint density at radius 2 is 1.41 bits per heavy atom. The van der Waals surface area contributed by atoms with Gasteiger partial charge in [0.1, 0.15) is 0 Å². The standard InChI is InChI=1S/C17H26Cl2O2Si/c1-11(2)22(12(3)4,13(5)6)21-10-14-7-16(18)15(9-20)17(19)8-14/h7-9,11-13H,10H2,1-6H3. The summed E-state index contributed by atoms with van der Waals surface area (Å²) in [6.45, 7) is 14.0. The van der Waals surface area contributed by atoms with E-state index in [0.717, 1.165) is 5.56 Å². The molecule has 0 N–H and O–H groups in total. The molecule has 0 saturated carbocycles. The highest BCUT2D eigenvalue weighted by molar-refractivity contribution is 6.77. The summed E-state index contributed by atoms with van der Waals surface area (Å²) in [5, 5.41) is 0.763. The molecular formula is C17H26Cl2O2Si. The molecule has 1 aromatic rings. The molecule has 0 amide bonds. The highest BCUT2D eigenvalue weighted by Gasteiger charge is 2.44. The number of hydrogen-bond donors (Lipinski definition) is 0. The van der Waals surface area contributed by atoms with Crippen molar-refractivity contribution in [3.63, 3.8) is 0 Å². The topological polar surface area (TPSA) is 26.3 Å². The molecular weight excluding hydrogens is 335 g/mol. The minimum absolute atomic E-state index is 0.340. The highest BCUT2D eigenvalue weighted by atomic mass is 35.5. The molecule has 1 rings (SSSR count). The molecule has 22 heavy (non-hydrogen) atoms. The van der Waals surface area contributed by atoms with E-state index >= 15 is 0 Å². The third-order valence-corrected chi connectivity index (χ3v) is 11.1. The maximum absolute atomic E-state index is 11.0. The van der Waals surface area contributed by atoms with Gasteiger partial charge >= 0.3 is 0 Å². The Hall–Kier alpha value is -0.353. The lowest BCUT2D eigenvalue weighted by Gasteiger charge is -2.42. The van der Waals surface area contributed by atoms with Crippen LogP contribution in [0.4, 0.5) is 0 Å². The van der Waals surface area contributed by atoms with Gasteiger partial charge in [-0.05, 0) is 34.3 Å². The van der Waals surface area contributed by atoms with Crippen LogP contribution in [0, 0.1) is 0 Å². The molecule has 0 atom stereocenters. The number of aldehydes is 1. The van der Waals surface area contributed by atoms with Crippen molar-refractivity contribution in [3.8, 4) is 0 Å². The summed E-state index contributed by atoms with van der Waals surface area (Å²) in [6.07, 6.45) is 0.685. The van der Waals surface area contributed by atoms with Crippen LogP contribution in [0.5, 0.6) is 0 Å². The fourth-order valence-electron chi connectivity index (χ4n) is 3.54. The van der Waals surface area contributed by atoms with Gasteiger partial charge < -0.3 is 4.43 Å². The van der Waals surface area contributed by atoms with Crippen LogP contribution in [0.2, 0.25) is 26.7 Å². The Morgan fingerprint density at radius 1 is 1.00 bits per heavy atom. The molecule has 0 unspecified atom stereocenters. The van der Waals surface area contributed by atoms with Gasteiger partial charge in [0.2, 0.25) is 8.32 Å². The van der Waals surface area contributed by atoms with E-state index in [1.54, 1.807) is 12.1 Å². The fraction of sp³-hybridized carbons (Fsp3) is 0.588. The van der Waals surface area contributed by atoms with E-state index in [-0.39, 0.29) is 0 Å². The first-order chi connectivity index (χ1) is 10.2. The number of carbonyl (C=O) groups excluding carboxylic acids is 1. The van der Waals surface area contributed by atoms with E-state index < -0.39 is 8.32 Å². The maximum atomic E-state index is 11.0. The van der Waals surface area contributed by atoms with E-state index in [2.05, 4.69) is 41.5 Å². The summed E-state index contributed by atoms with van der Waals surface area (Å²) < 4.78 is 6.52. The molecule has 5 heteroatoms. The molecule has 124 valence electrons. The van der Waals surface area contributed by atoms with Crippen LogP contribution < -0.4 is 0 Å². The minimum Gasteiger partial charge on any atom is -0.412 e. The van der Waals surface area contributed by atoms with E-state index in [1.807, 2.05) is 0 Å². The molecule has 0 aliphatic heterocycles. The smallest absolute Gasteiger partial charge is 0.200 e. The first kappa shape index (κ1) is 19.7. The zero-order valence-corrected chi connectivity index (χ0v) is 16.8. The molecule has 0 bridgehead atoms. The van der Waals surface area contributed by atoms with Crippen LogP contribution in [0.1, 0.15) is 57.5 Å². The second-order valence-corrected chi connectivity index (χ2v) is 13.0. The molecule has 2 nitrogen and oxygen atoms in total. The minimum atomic E-state index is -1.92. The van der Waals surface area contributed by atoms with Crippen molar-refractivity contribution in [3.05, 3.63) is 33.3 Å². The van der Waals surface area contributed by atoms with Gasteiger partial charge in [-0.1, -0.05) is 64.7 Å². The Balaban J connectivity index is 3.07. The predicted octanol–water partition coefficient (Wildman–Crippen LogP) is 6.50. The summed E-state index contributed by atoms with van der Waals surface area (Å²) >= 11 is 12.2. The van der Waals surface area contributed by atoms with Gasteiger partial charge in [-0.3, -0.25) is 4.79 Å². The third kappa shape index (κ3) is 3.94. The maximum Gasteiger partial charge on any atom is 0.200 e. The van der Waals surface area contributed by atoms with Crippen LogP contribution in [-0.2, 0) is 11.0 Å². The first-order valence-corrected chi connectivity index (χ1v) is 10.6. The van der Waals surface area contributed by atoms with Crippen molar-refractivity contribution in [1.82, 2.24) is 0 Å². The van der Waals surface area contributed by atoms with Crippen molar-refractivity contribution >= 4 is 37.8 Å². The average molecular weight is 361 g/mol. The monoisotopic (exact) mass is 360 g/mol. The average Bonchev–Trinajstić information content (AvgIpc) is 2.37.